The minimum absolute atomic E-state index is 0.0227. The molecule has 1 N–H and O–H groups in total. The summed E-state index contributed by atoms with van der Waals surface area (Å²) >= 11 is 0. The molecule has 0 bridgehead atoms. The smallest absolute Gasteiger partial charge is 0.407 e. The van der Waals surface area contributed by atoms with Gasteiger partial charge >= 0.3 is 6.09 Å². The molecule has 7 heteroatoms. The Bertz CT molecular complexity index is 471. The van der Waals surface area contributed by atoms with Crippen molar-refractivity contribution >= 4 is 12.0 Å². The first-order chi connectivity index (χ1) is 12.3. The molecule has 0 radical (unpaired) electrons. The van der Waals surface area contributed by atoms with E-state index in [-0.39, 0.29) is 24.7 Å². The van der Waals surface area contributed by atoms with Crippen LogP contribution in [0, 0.1) is 5.92 Å². The van der Waals surface area contributed by atoms with E-state index in [4.69, 9.17) is 14.2 Å². The van der Waals surface area contributed by atoms with Gasteiger partial charge in [-0.05, 0) is 52.4 Å². The lowest BCUT2D eigenvalue weighted by molar-refractivity contribution is -0.142. The average molecular weight is 370 g/mol. The van der Waals surface area contributed by atoms with Gasteiger partial charge in [0.15, 0.2) is 0 Å². The zero-order valence-corrected chi connectivity index (χ0v) is 16.6. The fourth-order valence-electron chi connectivity index (χ4n) is 3.51. The number of nitrogens with one attached hydrogen (secondary N) is 1. The van der Waals surface area contributed by atoms with E-state index in [1.807, 2.05) is 25.7 Å². The quantitative estimate of drug-likeness (QED) is 0.776. The molecule has 2 amide bonds. The molecule has 0 unspecified atom stereocenters. The molecule has 150 valence electrons. The zero-order chi connectivity index (χ0) is 19.2. The first-order valence-electron chi connectivity index (χ1n) is 9.72. The summed E-state index contributed by atoms with van der Waals surface area (Å²) in [7, 11) is 0. The molecule has 2 fully saturated rings. The fraction of sp³-hybridized carbons (Fsp3) is 0.895. The molecule has 0 spiro atoms. The Kier molecular flexibility index (Phi) is 7.70. The molecule has 2 heterocycles. The van der Waals surface area contributed by atoms with E-state index in [0.29, 0.717) is 25.6 Å². The van der Waals surface area contributed by atoms with Crippen molar-refractivity contribution in [3.05, 3.63) is 0 Å². The minimum atomic E-state index is -0.534. The molecule has 0 aliphatic carbocycles. The van der Waals surface area contributed by atoms with Crippen molar-refractivity contribution in [2.45, 2.75) is 71.1 Å². The topological polar surface area (TPSA) is 77.1 Å². The Balaban J connectivity index is 1.81. The van der Waals surface area contributed by atoms with Gasteiger partial charge in [-0.15, -0.1) is 0 Å². The van der Waals surface area contributed by atoms with Crippen molar-refractivity contribution in [2.75, 3.05) is 32.9 Å². The zero-order valence-electron chi connectivity index (χ0n) is 16.6. The molecule has 0 aromatic heterocycles. The van der Waals surface area contributed by atoms with E-state index in [1.54, 1.807) is 0 Å². The summed E-state index contributed by atoms with van der Waals surface area (Å²) in [4.78, 5) is 26.4. The van der Waals surface area contributed by atoms with Crippen LogP contribution in [0.4, 0.5) is 4.79 Å². The van der Waals surface area contributed by atoms with Crippen molar-refractivity contribution in [3.8, 4) is 0 Å². The molecule has 26 heavy (non-hydrogen) atoms. The van der Waals surface area contributed by atoms with Crippen molar-refractivity contribution in [1.29, 1.82) is 0 Å². The van der Waals surface area contributed by atoms with E-state index in [1.165, 1.54) is 0 Å². The van der Waals surface area contributed by atoms with Gasteiger partial charge in [0.1, 0.15) is 12.2 Å². The Morgan fingerprint density at radius 3 is 2.65 bits per heavy atom. The third-order valence-corrected chi connectivity index (χ3v) is 4.84. The van der Waals surface area contributed by atoms with Crippen LogP contribution in [0.5, 0.6) is 0 Å². The van der Waals surface area contributed by atoms with Crippen LogP contribution in [0.3, 0.4) is 0 Å². The number of nitrogens with zero attached hydrogens (tertiary/aromatic N) is 1. The fourth-order valence-corrected chi connectivity index (χ4v) is 3.51. The number of carbonyl (C=O) groups is 2. The Morgan fingerprint density at radius 2 is 2.00 bits per heavy atom. The van der Waals surface area contributed by atoms with Gasteiger partial charge in [0, 0.05) is 19.7 Å². The highest BCUT2D eigenvalue weighted by molar-refractivity contribution is 5.78. The minimum Gasteiger partial charge on any atom is -0.444 e. The number of likely N-dealkylation sites (tertiary alicyclic amines) is 1. The van der Waals surface area contributed by atoms with Gasteiger partial charge in [-0.25, -0.2) is 4.79 Å². The largest absolute Gasteiger partial charge is 0.444 e. The van der Waals surface area contributed by atoms with Crippen LogP contribution in [-0.4, -0.2) is 67.6 Å². The van der Waals surface area contributed by atoms with Crippen molar-refractivity contribution in [2.24, 2.45) is 5.92 Å². The summed E-state index contributed by atoms with van der Waals surface area (Å²) in [6, 6.07) is -0.0323. The summed E-state index contributed by atoms with van der Waals surface area (Å²) in [5, 5.41) is 2.81. The van der Waals surface area contributed by atoms with Crippen molar-refractivity contribution in [3.63, 3.8) is 0 Å². The number of alkyl carbamates (subject to hydrolysis) is 1. The molecule has 0 saturated carbocycles. The van der Waals surface area contributed by atoms with Crippen LogP contribution in [0.1, 0.15) is 53.4 Å². The Labute approximate surface area is 156 Å². The van der Waals surface area contributed by atoms with Gasteiger partial charge in [0.25, 0.3) is 0 Å². The first kappa shape index (κ1) is 21.0. The van der Waals surface area contributed by atoms with Crippen LogP contribution in [0.15, 0.2) is 0 Å². The lowest BCUT2D eigenvalue weighted by Crippen LogP contribution is -2.54. The third kappa shape index (κ3) is 6.76. The number of hydrogen-bond acceptors (Lipinski definition) is 5. The maximum atomic E-state index is 12.6. The number of carbonyl (C=O) groups excluding carboxylic acids is 2. The second-order valence-electron chi connectivity index (χ2n) is 8.31. The lowest BCUT2D eigenvalue weighted by atomic mass is 9.90. The first-order valence-corrected chi connectivity index (χ1v) is 9.72. The van der Waals surface area contributed by atoms with E-state index >= 15 is 0 Å². The van der Waals surface area contributed by atoms with Crippen molar-refractivity contribution in [1.82, 2.24) is 10.2 Å². The second-order valence-corrected chi connectivity index (χ2v) is 8.31. The number of hydrogen-bond donors (Lipinski definition) is 1. The van der Waals surface area contributed by atoms with E-state index in [0.717, 1.165) is 32.3 Å². The van der Waals surface area contributed by atoms with E-state index in [9.17, 15) is 9.59 Å². The highest BCUT2D eigenvalue weighted by Crippen LogP contribution is 2.23. The molecule has 2 aliphatic rings. The summed E-state index contributed by atoms with van der Waals surface area (Å²) in [6.07, 6.45) is 3.74. The van der Waals surface area contributed by atoms with Gasteiger partial charge in [0.2, 0.25) is 5.91 Å². The van der Waals surface area contributed by atoms with Gasteiger partial charge < -0.3 is 24.4 Å². The molecule has 2 rings (SSSR count). The summed E-state index contributed by atoms with van der Waals surface area (Å²) < 4.78 is 16.4. The van der Waals surface area contributed by atoms with Crippen LogP contribution < -0.4 is 5.32 Å². The van der Waals surface area contributed by atoms with Crippen LogP contribution in [0.25, 0.3) is 0 Å². The van der Waals surface area contributed by atoms with E-state index in [2.05, 4.69) is 12.2 Å². The monoisotopic (exact) mass is 370 g/mol. The van der Waals surface area contributed by atoms with Crippen LogP contribution in [-0.2, 0) is 19.0 Å². The average Bonchev–Trinajstić information content (AvgIpc) is 3.05. The number of piperidine rings is 1. The molecule has 3 atom stereocenters. The molecule has 2 aliphatic heterocycles. The summed E-state index contributed by atoms with van der Waals surface area (Å²) in [5.41, 5.74) is -0.534. The highest BCUT2D eigenvalue weighted by Gasteiger charge is 2.32. The predicted octanol–water partition coefficient (Wildman–Crippen LogP) is 2.33. The van der Waals surface area contributed by atoms with Gasteiger partial charge in [-0.2, -0.15) is 0 Å². The summed E-state index contributed by atoms with van der Waals surface area (Å²) in [5.74, 6) is 0.298. The standard InChI is InChI=1S/C19H34N2O5/c1-14-7-5-9-21(16(14)11-20-18(23)26-19(2,3)4)17(22)13-24-12-15-8-6-10-25-15/h14-16H,5-13H2,1-4H3,(H,20,23)/t14-,15+,16-/m1/s1. The lowest BCUT2D eigenvalue weighted by Gasteiger charge is -2.40. The Hall–Kier alpha value is -1.34. The molecule has 0 aromatic rings. The maximum Gasteiger partial charge on any atom is 0.407 e. The number of amides is 2. The highest BCUT2D eigenvalue weighted by atomic mass is 16.6. The molecular formula is C19H34N2O5. The van der Waals surface area contributed by atoms with Gasteiger partial charge in [-0.3, -0.25) is 4.79 Å². The molecule has 2 saturated heterocycles. The van der Waals surface area contributed by atoms with Gasteiger partial charge in [0.05, 0.1) is 18.8 Å². The SMILES string of the molecule is C[C@@H]1CCCN(C(=O)COC[C@@H]2CCCO2)[C@@H]1CNC(=O)OC(C)(C)C. The predicted molar refractivity (Wildman–Crippen MR) is 97.9 cm³/mol. The normalized spacial score (nSPS) is 26.6. The van der Waals surface area contributed by atoms with Crippen molar-refractivity contribution < 1.29 is 23.8 Å². The maximum absolute atomic E-state index is 12.6. The molecular weight excluding hydrogens is 336 g/mol. The summed E-state index contributed by atoms with van der Waals surface area (Å²) in [6.45, 7) is 10.0. The van der Waals surface area contributed by atoms with Gasteiger partial charge in [-0.1, -0.05) is 6.92 Å². The van der Waals surface area contributed by atoms with Crippen LogP contribution >= 0.6 is 0 Å². The Morgan fingerprint density at radius 1 is 1.23 bits per heavy atom. The van der Waals surface area contributed by atoms with Crippen LogP contribution in [0.2, 0.25) is 0 Å². The van der Waals surface area contributed by atoms with E-state index < -0.39 is 11.7 Å². The number of rotatable bonds is 6. The third-order valence-electron chi connectivity index (χ3n) is 4.84. The number of ether oxygens (including phenoxy) is 3. The molecule has 7 nitrogen and oxygen atoms in total. The second kappa shape index (κ2) is 9.55. The molecule has 0 aromatic carbocycles.